The van der Waals surface area contributed by atoms with E-state index in [4.69, 9.17) is 0 Å². The Kier molecular flexibility index (Phi) is 3.45. The predicted molar refractivity (Wildman–Crippen MR) is 72.1 cm³/mol. The minimum absolute atomic E-state index is 0.800. The van der Waals surface area contributed by atoms with Gasteiger partial charge in [-0.05, 0) is 50.4 Å². The molecule has 2 nitrogen and oxygen atoms in total. The van der Waals surface area contributed by atoms with Crippen molar-refractivity contribution in [3.05, 3.63) is 0 Å². The second-order valence-electron chi connectivity index (χ2n) is 6.88. The van der Waals surface area contributed by atoms with Crippen LogP contribution in [0.4, 0.5) is 0 Å². The molecule has 1 N–H and O–H groups in total. The Bertz CT molecular complexity index is 262. The second-order valence-corrected chi connectivity index (χ2v) is 6.88. The van der Waals surface area contributed by atoms with Gasteiger partial charge in [0.15, 0.2) is 0 Å². The van der Waals surface area contributed by atoms with Gasteiger partial charge in [-0.2, -0.15) is 0 Å². The quantitative estimate of drug-likeness (QED) is 0.810. The first-order valence-corrected chi connectivity index (χ1v) is 7.72. The Morgan fingerprint density at radius 2 is 1.76 bits per heavy atom. The summed E-state index contributed by atoms with van der Waals surface area (Å²) in [6.07, 6.45) is 8.57. The van der Waals surface area contributed by atoms with Crippen molar-refractivity contribution >= 4 is 0 Å². The van der Waals surface area contributed by atoms with Gasteiger partial charge in [-0.25, -0.2) is 0 Å². The van der Waals surface area contributed by atoms with E-state index in [2.05, 4.69) is 24.1 Å². The highest BCUT2D eigenvalue weighted by atomic mass is 15.2. The molecule has 2 aliphatic carbocycles. The van der Waals surface area contributed by atoms with E-state index < -0.39 is 0 Å². The van der Waals surface area contributed by atoms with Gasteiger partial charge < -0.3 is 5.32 Å². The van der Waals surface area contributed by atoms with Crippen molar-refractivity contribution < 1.29 is 0 Å². The van der Waals surface area contributed by atoms with E-state index in [0.29, 0.717) is 0 Å². The van der Waals surface area contributed by atoms with Crippen LogP contribution in [0, 0.1) is 11.8 Å². The molecule has 1 heterocycles. The molecule has 98 valence electrons. The van der Waals surface area contributed by atoms with Crippen molar-refractivity contribution in [1.82, 2.24) is 10.2 Å². The maximum Gasteiger partial charge on any atom is 0.0209 e. The van der Waals surface area contributed by atoms with Gasteiger partial charge in [0, 0.05) is 31.2 Å². The molecule has 3 fully saturated rings. The molecule has 4 atom stereocenters. The zero-order valence-corrected chi connectivity index (χ0v) is 11.5. The highest BCUT2D eigenvalue weighted by Crippen LogP contribution is 2.33. The lowest BCUT2D eigenvalue weighted by atomic mass is 9.79. The monoisotopic (exact) mass is 236 g/mol. The molecule has 4 unspecified atom stereocenters. The highest BCUT2D eigenvalue weighted by molar-refractivity contribution is 4.93. The molecule has 0 aromatic carbocycles. The standard InChI is InChI=1S/C15H28N2/c1-11-3-6-15(12(2)9-11)17-8-7-14(10-17)16-13-4-5-13/h11-16H,3-10H2,1-2H3. The van der Waals surface area contributed by atoms with Crippen LogP contribution in [0.25, 0.3) is 0 Å². The normalized spacial score (nSPS) is 44.1. The summed E-state index contributed by atoms with van der Waals surface area (Å²) >= 11 is 0. The Hall–Kier alpha value is -0.0800. The fourth-order valence-corrected chi connectivity index (χ4v) is 4.00. The molecule has 3 aliphatic rings. The maximum absolute atomic E-state index is 3.80. The third-order valence-corrected chi connectivity index (χ3v) is 5.12. The Balaban J connectivity index is 1.51. The highest BCUT2D eigenvalue weighted by Gasteiger charge is 2.35. The fourth-order valence-electron chi connectivity index (χ4n) is 4.00. The summed E-state index contributed by atoms with van der Waals surface area (Å²) in [5, 5.41) is 3.80. The molecular formula is C15H28N2. The average molecular weight is 236 g/mol. The number of likely N-dealkylation sites (tertiary alicyclic amines) is 1. The van der Waals surface area contributed by atoms with Gasteiger partial charge >= 0.3 is 0 Å². The van der Waals surface area contributed by atoms with Crippen LogP contribution < -0.4 is 5.32 Å². The van der Waals surface area contributed by atoms with Crippen molar-refractivity contribution in [2.45, 2.75) is 70.5 Å². The van der Waals surface area contributed by atoms with E-state index in [1.165, 1.54) is 51.6 Å². The van der Waals surface area contributed by atoms with E-state index >= 15 is 0 Å². The number of nitrogens with one attached hydrogen (secondary N) is 1. The van der Waals surface area contributed by atoms with Crippen LogP contribution >= 0.6 is 0 Å². The van der Waals surface area contributed by atoms with Crippen molar-refractivity contribution in [3.8, 4) is 0 Å². The molecule has 2 saturated carbocycles. The molecule has 0 spiro atoms. The van der Waals surface area contributed by atoms with Crippen molar-refractivity contribution in [2.75, 3.05) is 13.1 Å². The van der Waals surface area contributed by atoms with Crippen LogP contribution in [0.2, 0.25) is 0 Å². The Morgan fingerprint density at radius 3 is 2.47 bits per heavy atom. The van der Waals surface area contributed by atoms with Gasteiger partial charge in [-0.1, -0.05) is 13.8 Å². The number of hydrogen-bond acceptors (Lipinski definition) is 2. The molecule has 2 heteroatoms. The third-order valence-electron chi connectivity index (χ3n) is 5.12. The molecule has 3 rings (SSSR count). The van der Waals surface area contributed by atoms with Crippen LogP contribution in [0.3, 0.4) is 0 Å². The number of rotatable bonds is 3. The SMILES string of the molecule is CC1CCC(N2CCC(NC3CC3)C2)C(C)C1. The topological polar surface area (TPSA) is 15.3 Å². The molecule has 1 saturated heterocycles. The fraction of sp³-hybridized carbons (Fsp3) is 1.00. The lowest BCUT2D eigenvalue weighted by molar-refractivity contribution is 0.113. The smallest absolute Gasteiger partial charge is 0.0209 e. The van der Waals surface area contributed by atoms with Gasteiger partial charge in [-0.3, -0.25) is 4.90 Å². The summed E-state index contributed by atoms with van der Waals surface area (Å²) in [7, 11) is 0. The average Bonchev–Trinajstić information content (AvgIpc) is 2.96. The molecule has 17 heavy (non-hydrogen) atoms. The summed E-state index contributed by atoms with van der Waals surface area (Å²) in [6, 6.07) is 2.56. The zero-order valence-electron chi connectivity index (χ0n) is 11.5. The van der Waals surface area contributed by atoms with E-state index in [0.717, 1.165) is 30.0 Å². The molecular weight excluding hydrogens is 208 g/mol. The van der Waals surface area contributed by atoms with E-state index in [9.17, 15) is 0 Å². The van der Waals surface area contributed by atoms with Crippen LogP contribution in [-0.2, 0) is 0 Å². The molecule has 0 bridgehead atoms. The summed E-state index contributed by atoms with van der Waals surface area (Å²) in [5.74, 6) is 1.88. The predicted octanol–water partition coefficient (Wildman–Crippen LogP) is 2.64. The number of hydrogen-bond donors (Lipinski definition) is 1. The van der Waals surface area contributed by atoms with Gasteiger partial charge in [0.1, 0.15) is 0 Å². The number of nitrogens with zero attached hydrogens (tertiary/aromatic N) is 1. The molecule has 0 amide bonds. The van der Waals surface area contributed by atoms with Gasteiger partial charge in [-0.15, -0.1) is 0 Å². The van der Waals surface area contributed by atoms with Gasteiger partial charge in [0.25, 0.3) is 0 Å². The molecule has 0 aromatic rings. The summed E-state index contributed by atoms with van der Waals surface area (Å²) < 4.78 is 0. The Labute approximate surface area is 106 Å². The van der Waals surface area contributed by atoms with Crippen LogP contribution in [-0.4, -0.2) is 36.1 Å². The van der Waals surface area contributed by atoms with Crippen molar-refractivity contribution in [2.24, 2.45) is 11.8 Å². The van der Waals surface area contributed by atoms with Gasteiger partial charge in [0.2, 0.25) is 0 Å². The summed E-state index contributed by atoms with van der Waals surface area (Å²) in [5.41, 5.74) is 0. The first-order chi connectivity index (χ1) is 8.22. The Morgan fingerprint density at radius 1 is 0.941 bits per heavy atom. The lowest BCUT2D eigenvalue weighted by Gasteiger charge is -2.38. The molecule has 0 radical (unpaired) electrons. The van der Waals surface area contributed by atoms with Crippen molar-refractivity contribution in [1.29, 1.82) is 0 Å². The molecule has 1 aliphatic heterocycles. The minimum atomic E-state index is 0.800. The summed E-state index contributed by atoms with van der Waals surface area (Å²) in [6.45, 7) is 7.56. The third kappa shape index (κ3) is 2.85. The first kappa shape index (κ1) is 12.0. The maximum atomic E-state index is 3.80. The minimum Gasteiger partial charge on any atom is -0.310 e. The zero-order chi connectivity index (χ0) is 11.8. The van der Waals surface area contributed by atoms with E-state index in [1.807, 2.05) is 0 Å². The van der Waals surface area contributed by atoms with Crippen molar-refractivity contribution in [3.63, 3.8) is 0 Å². The van der Waals surface area contributed by atoms with Crippen LogP contribution in [0.15, 0.2) is 0 Å². The van der Waals surface area contributed by atoms with E-state index in [-0.39, 0.29) is 0 Å². The lowest BCUT2D eigenvalue weighted by Crippen LogP contribution is -2.43. The second kappa shape index (κ2) is 4.89. The van der Waals surface area contributed by atoms with E-state index in [1.54, 1.807) is 0 Å². The van der Waals surface area contributed by atoms with Crippen LogP contribution in [0.1, 0.15) is 52.4 Å². The van der Waals surface area contributed by atoms with Gasteiger partial charge in [0.05, 0.1) is 0 Å². The molecule has 0 aromatic heterocycles. The first-order valence-electron chi connectivity index (χ1n) is 7.72. The largest absolute Gasteiger partial charge is 0.310 e. The summed E-state index contributed by atoms with van der Waals surface area (Å²) in [4.78, 5) is 2.79. The van der Waals surface area contributed by atoms with Crippen LogP contribution in [0.5, 0.6) is 0 Å².